The minimum atomic E-state index is 0.889. The van der Waals surface area contributed by atoms with Gasteiger partial charge in [0.2, 0.25) is 0 Å². The lowest BCUT2D eigenvalue weighted by molar-refractivity contribution is 0.784. The van der Waals surface area contributed by atoms with Crippen LogP contribution in [0.15, 0.2) is 77.7 Å². The summed E-state index contributed by atoms with van der Waals surface area (Å²) in [6.07, 6.45) is 9.37. The lowest BCUT2D eigenvalue weighted by Crippen LogP contribution is -2.19. The fourth-order valence-corrected chi connectivity index (χ4v) is 4.00. The van der Waals surface area contributed by atoms with E-state index >= 15 is 0 Å². The summed E-state index contributed by atoms with van der Waals surface area (Å²) < 4.78 is 0. The van der Waals surface area contributed by atoms with Gasteiger partial charge in [0, 0.05) is 24.1 Å². The number of hydrogen-bond donors (Lipinski definition) is 0. The second kappa shape index (κ2) is 13.7. The molecule has 174 valence electrons. The molecule has 0 aliphatic heterocycles. The third kappa shape index (κ3) is 7.63. The molecular formula is C30H41BN2. The second-order valence-electron chi connectivity index (χ2n) is 8.64. The molecule has 0 unspecified atom stereocenters. The van der Waals surface area contributed by atoms with Crippen molar-refractivity contribution in [2.45, 2.75) is 66.6 Å². The van der Waals surface area contributed by atoms with Crippen LogP contribution in [0, 0.1) is 6.92 Å². The minimum absolute atomic E-state index is 0.889. The van der Waals surface area contributed by atoms with E-state index in [4.69, 9.17) is 4.99 Å². The van der Waals surface area contributed by atoms with Gasteiger partial charge in [-0.1, -0.05) is 65.7 Å². The first-order valence-electron chi connectivity index (χ1n) is 12.5. The van der Waals surface area contributed by atoms with E-state index in [1.54, 1.807) is 0 Å². The summed E-state index contributed by atoms with van der Waals surface area (Å²) in [6.45, 7) is 20.0. The van der Waals surface area contributed by atoms with Gasteiger partial charge in [0.1, 0.15) is 7.28 Å². The largest absolute Gasteiger partial charge is 0.341 e. The maximum Gasteiger partial charge on any atom is 0.145 e. The molecule has 0 aliphatic carbocycles. The molecule has 2 aromatic carbocycles. The molecular weight excluding hydrogens is 399 g/mol. The van der Waals surface area contributed by atoms with Crippen LogP contribution in [-0.2, 0) is 12.8 Å². The number of aliphatic imine (C=N–C) groups is 1. The van der Waals surface area contributed by atoms with E-state index in [-0.39, 0.29) is 0 Å². The highest BCUT2D eigenvalue weighted by molar-refractivity contribution is 6.40. The molecule has 0 amide bonds. The number of nitrogens with zero attached hydrogens (tertiary/aromatic N) is 2. The molecule has 2 rings (SSSR count). The van der Waals surface area contributed by atoms with Crippen molar-refractivity contribution in [2.75, 3.05) is 11.4 Å². The van der Waals surface area contributed by atoms with Crippen molar-refractivity contribution in [3.05, 3.63) is 89.4 Å². The highest BCUT2D eigenvalue weighted by Crippen LogP contribution is 2.32. The SMILES string of the molecule is C=C/C(=C\BC)C(=C)/C=N\c1ccc(N(CCCC)c2cc(CC)cc(CCC)c2)cc1C. The topological polar surface area (TPSA) is 15.6 Å². The predicted octanol–water partition coefficient (Wildman–Crippen LogP) is 8.26. The summed E-state index contributed by atoms with van der Waals surface area (Å²) in [4.78, 5) is 7.20. The van der Waals surface area contributed by atoms with Crippen LogP contribution >= 0.6 is 0 Å². The van der Waals surface area contributed by atoms with Gasteiger partial charge in [-0.05, 0) is 84.4 Å². The maximum atomic E-state index is 4.73. The Morgan fingerprint density at radius 3 is 2.39 bits per heavy atom. The van der Waals surface area contributed by atoms with Gasteiger partial charge < -0.3 is 4.90 Å². The van der Waals surface area contributed by atoms with Gasteiger partial charge >= 0.3 is 0 Å². The molecule has 0 radical (unpaired) electrons. The van der Waals surface area contributed by atoms with Crippen LogP contribution in [0.4, 0.5) is 17.1 Å². The number of rotatable bonds is 13. The van der Waals surface area contributed by atoms with E-state index < -0.39 is 0 Å². The van der Waals surface area contributed by atoms with Crippen molar-refractivity contribution >= 4 is 30.6 Å². The summed E-state index contributed by atoms with van der Waals surface area (Å²) in [7, 11) is 0.953. The Hall–Kier alpha value is -2.81. The number of anilines is 2. The lowest BCUT2D eigenvalue weighted by Gasteiger charge is -2.27. The fraction of sp³-hybridized carbons (Fsp3) is 0.367. The van der Waals surface area contributed by atoms with E-state index in [9.17, 15) is 0 Å². The minimum Gasteiger partial charge on any atom is -0.341 e. The zero-order valence-corrected chi connectivity index (χ0v) is 21.5. The van der Waals surface area contributed by atoms with Crippen LogP contribution in [-0.4, -0.2) is 20.0 Å². The van der Waals surface area contributed by atoms with Crippen LogP contribution in [0.5, 0.6) is 0 Å². The molecule has 0 aliphatic rings. The molecule has 2 nitrogen and oxygen atoms in total. The smallest absolute Gasteiger partial charge is 0.145 e. The average molecular weight is 440 g/mol. The van der Waals surface area contributed by atoms with E-state index in [0.717, 1.165) is 55.5 Å². The van der Waals surface area contributed by atoms with Crippen molar-refractivity contribution in [1.82, 2.24) is 0 Å². The number of hydrogen-bond acceptors (Lipinski definition) is 2. The van der Waals surface area contributed by atoms with E-state index in [1.807, 2.05) is 12.3 Å². The molecule has 0 heterocycles. The van der Waals surface area contributed by atoms with Crippen LogP contribution < -0.4 is 4.90 Å². The number of allylic oxidation sites excluding steroid dienone is 3. The summed E-state index contributed by atoms with van der Waals surface area (Å²) >= 11 is 0. The fourth-order valence-electron chi connectivity index (χ4n) is 4.00. The van der Waals surface area contributed by atoms with E-state index in [0.29, 0.717) is 0 Å². The van der Waals surface area contributed by atoms with Gasteiger partial charge in [0.15, 0.2) is 0 Å². The van der Waals surface area contributed by atoms with Crippen LogP contribution in [0.2, 0.25) is 6.82 Å². The highest BCUT2D eigenvalue weighted by Gasteiger charge is 2.12. The maximum absolute atomic E-state index is 4.73. The van der Waals surface area contributed by atoms with Gasteiger partial charge in [-0.15, -0.1) is 5.98 Å². The Bertz CT molecular complexity index is 1000. The van der Waals surface area contributed by atoms with E-state index in [2.05, 4.69) is 94.9 Å². The van der Waals surface area contributed by atoms with Crippen molar-refractivity contribution in [3.8, 4) is 0 Å². The second-order valence-corrected chi connectivity index (χ2v) is 8.64. The zero-order chi connectivity index (χ0) is 24.2. The van der Waals surface area contributed by atoms with Gasteiger partial charge in [0.05, 0.1) is 5.69 Å². The van der Waals surface area contributed by atoms with Gasteiger partial charge in [-0.3, -0.25) is 4.99 Å². The zero-order valence-electron chi connectivity index (χ0n) is 21.5. The lowest BCUT2D eigenvalue weighted by atomic mass is 9.79. The molecule has 0 aromatic heterocycles. The first kappa shape index (κ1) is 26.4. The molecule has 0 atom stereocenters. The van der Waals surface area contributed by atoms with Crippen molar-refractivity contribution in [2.24, 2.45) is 4.99 Å². The van der Waals surface area contributed by atoms with Crippen molar-refractivity contribution < 1.29 is 0 Å². The molecule has 0 spiro atoms. The van der Waals surface area contributed by atoms with E-state index in [1.165, 1.54) is 35.3 Å². The summed E-state index contributed by atoms with van der Waals surface area (Å²) in [5.41, 5.74) is 9.44. The Morgan fingerprint density at radius 2 is 1.79 bits per heavy atom. The Kier molecular flexibility index (Phi) is 11.0. The average Bonchev–Trinajstić information content (AvgIpc) is 2.82. The summed E-state index contributed by atoms with van der Waals surface area (Å²) in [5.74, 6) is 2.13. The van der Waals surface area contributed by atoms with Gasteiger partial charge in [-0.25, -0.2) is 0 Å². The van der Waals surface area contributed by atoms with Crippen LogP contribution in [0.25, 0.3) is 0 Å². The number of aryl methyl sites for hydroxylation is 3. The molecule has 0 saturated carbocycles. The predicted molar refractivity (Wildman–Crippen MR) is 151 cm³/mol. The highest BCUT2D eigenvalue weighted by atomic mass is 15.1. The number of unbranched alkanes of at least 4 members (excludes halogenated alkanes) is 1. The number of benzene rings is 2. The normalized spacial score (nSPS) is 11.6. The summed E-state index contributed by atoms with van der Waals surface area (Å²) in [6, 6.07) is 13.7. The molecule has 0 saturated heterocycles. The Labute approximate surface area is 203 Å². The Morgan fingerprint density at radius 1 is 1.03 bits per heavy atom. The molecule has 3 heteroatoms. The first-order chi connectivity index (χ1) is 16.0. The third-order valence-electron chi connectivity index (χ3n) is 5.90. The Balaban J connectivity index is 2.39. The third-order valence-corrected chi connectivity index (χ3v) is 5.90. The van der Waals surface area contributed by atoms with Gasteiger partial charge in [-0.2, -0.15) is 0 Å². The quantitative estimate of drug-likeness (QED) is 0.174. The van der Waals surface area contributed by atoms with Crippen molar-refractivity contribution in [3.63, 3.8) is 0 Å². The van der Waals surface area contributed by atoms with Crippen molar-refractivity contribution in [1.29, 1.82) is 0 Å². The first-order valence-corrected chi connectivity index (χ1v) is 12.5. The van der Waals surface area contributed by atoms with Crippen LogP contribution in [0.3, 0.4) is 0 Å². The monoisotopic (exact) mass is 440 g/mol. The van der Waals surface area contributed by atoms with Crippen LogP contribution in [0.1, 0.15) is 56.7 Å². The van der Waals surface area contributed by atoms with Gasteiger partial charge in [0.25, 0.3) is 0 Å². The molecule has 33 heavy (non-hydrogen) atoms. The molecule has 0 fully saturated rings. The standard InChI is InChI=1S/C30H41BN2/c1-8-12-16-33(29-19-25(10-3)18-26(20-29)13-9-2)28-14-15-30(23(5)17-28)32-22-24(6)27(11-4)21-31-7/h11,14-15,17-22,31H,4,6,8-10,12-13,16H2,1-3,5,7H3/b27-21+,32-22-. The summed E-state index contributed by atoms with van der Waals surface area (Å²) in [5, 5.41) is 0. The molecule has 0 bridgehead atoms. The molecule has 0 N–H and O–H groups in total. The molecule has 2 aromatic rings.